The molecule has 0 spiro atoms. The Labute approximate surface area is 162 Å². The summed E-state index contributed by atoms with van der Waals surface area (Å²) in [6.45, 7) is 5.64. The molecule has 0 fully saturated rings. The number of hydrogen-bond acceptors (Lipinski definition) is 4. The van der Waals surface area contributed by atoms with Gasteiger partial charge in [-0.3, -0.25) is 9.69 Å². The van der Waals surface area contributed by atoms with Crippen molar-refractivity contribution in [2.75, 3.05) is 25.2 Å². The van der Waals surface area contributed by atoms with Gasteiger partial charge in [-0.25, -0.2) is 0 Å². The smallest absolute Gasteiger partial charge is 0.238 e. The highest BCUT2D eigenvalue weighted by molar-refractivity contribution is 9.10. The number of benzene rings is 2. The minimum absolute atomic E-state index is 0.0452. The van der Waals surface area contributed by atoms with E-state index in [1.54, 1.807) is 6.07 Å². The molecular weight excluding hydrogens is 396 g/mol. The summed E-state index contributed by atoms with van der Waals surface area (Å²) >= 11 is 3.61. The van der Waals surface area contributed by atoms with Crippen LogP contribution in [-0.2, 0) is 4.79 Å². The highest BCUT2D eigenvalue weighted by Crippen LogP contribution is 2.34. The summed E-state index contributed by atoms with van der Waals surface area (Å²) in [6, 6.07) is 13.7. The Bertz CT molecular complexity index is 781. The second-order valence-corrected chi connectivity index (χ2v) is 7.14. The third-order valence-corrected chi connectivity index (χ3v) is 5.14. The van der Waals surface area contributed by atoms with Crippen molar-refractivity contribution in [1.29, 1.82) is 0 Å². The normalized spacial score (nSPS) is 13.7. The number of hydrogen-bond donors (Lipinski definition) is 1. The quantitative estimate of drug-likeness (QED) is 0.714. The summed E-state index contributed by atoms with van der Waals surface area (Å²) in [7, 11) is 0. The molecule has 0 unspecified atom stereocenters. The Balaban J connectivity index is 1.67. The van der Waals surface area contributed by atoms with Gasteiger partial charge in [-0.05, 0) is 43.7 Å². The number of carbonyl (C=O) groups is 1. The van der Waals surface area contributed by atoms with Crippen molar-refractivity contribution in [3.05, 3.63) is 52.5 Å². The van der Waals surface area contributed by atoms with E-state index in [4.69, 9.17) is 9.47 Å². The molecule has 1 aliphatic rings. The van der Waals surface area contributed by atoms with Crippen molar-refractivity contribution in [3.63, 3.8) is 0 Å². The molecule has 2 aromatic carbocycles. The molecule has 2 aromatic rings. The average Bonchev–Trinajstić information content (AvgIpc) is 3.09. The summed E-state index contributed by atoms with van der Waals surface area (Å²) in [5.74, 6) is 1.32. The predicted molar refractivity (Wildman–Crippen MR) is 106 cm³/mol. The average molecular weight is 419 g/mol. The molecule has 1 amide bonds. The van der Waals surface area contributed by atoms with Crippen LogP contribution in [0.1, 0.15) is 31.9 Å². The molecule has 1 heterocycles. The molecule has 26 heavy (non-hydrogen) atoms. The van der Waals surface area contributed by atoms with E-state index in [1.807, 2.05) is 30.3 Å². The number of anilines is 1. The van der Waals surface area contributed by atoms with Gasteiger partial charge < -0.3 is 14.8 Å². The van der Waals surface area contributed by atoms with Crippen molar-refractivity contribution in [3.8, 4) is 11.5 Å². The number of fused-ring (bicyclic) bond motifs is 1. The Kier molecular flexibility index (Phi) is 6.16. The van der Waals surface area contributed by atoms with Gasteiger partial charge in [-0.15, -0.1) is 0 Å². The molecular formula is C20H23BrN2O3. The SMILES string of the molecule is CCCN(CC(=O)Nc1ccc2c(c1)OCO2)[C@@H](C)c1ccccc1Br. The molecule has 0 aliphatic carbocycles. The Hall–Kier alpha value is -2.05. The number of rotatable bonds is 7. The second-order valence-electron chi connectivity index (χ2n) is 6.28. The Morgan fingerprint density at radius 1 is 1.23 bits per heavy atom. The maximum absolute atomic E-state index is 12.6. The van der Waals surface area contributed by atoms with Gasteiger partial charge >= 0.3 is 0 Å². The second kappa shape index (κ2) is 8.56. The summed E-state index contributed by atoms with van der Waals surface area (Å²) in [4.78, 5) is 14.8. The van der Waals surface area contributed by atoms with Gasteiger partial charge in [0.25, 0.3) is 0 Å². The minimum Gasteiger partial charge on any atom is -0.454 e. The van der Waals surface area contributed by atoms with Crippen LogP contribution in [0.5, 0.6) is 11.5 Å². The Morgan fingerprint density at radius 3 is 2.77 bits per heavy atom. The van der Waals surface area contributed by atoms with Crippen molar-refractivity contribution < 1.29 is 14.3 Å². The third-order valence-electron chi connectivity index (χ3n) is 4.42. The van der Waals surface area contributed by atoms with E-state index in [0.29, 0.717) is 23.7 Å². The first-order valence-corrected chi connectivity index (χ1v) is 9.55. The molecule has 5 nitrogen and oxygen atoms in total. The Morgan fingerprint density at radius 2 is 2.00 bits per heavy atom. The molecule has 1 atom stereocenters. The molecule has 138 valence electrons. The number of carbonyl (C=O) groups excluding carboxylic acids is 1. The fourth-order valence-corrected chi connectivity index (χ4v) is 3.68. The number of nitrogens with zero attached hydrogens (tertiary/aromatic N) is 1. The van der Waals surface area contributed by atoms with E-state index in [2.05, 4.69) is 46.1 Å². The monoisotopic (exact) mass is 418 g/mol. The van der Waals surface area contributed by atoms with Gasteiger partial charge in [-0.2, -0.15) is 0 Å². The van der Waals surface area contributed by atoms with Crippen molar-refractivity contribution in [2.45, 2.75) is 26.3 Å². The number of halogens is 1. The lowest BCUT2D eigenvalue weighted by Gasteiger charge is -2.29. The van der Waals surface area contributed by atoms with Crippen molar-refractivity contribution >= 4 is 27.5 Å². The highest BCUT2D eigenvalue weighted by Gasteiger charge is 2.20. The van der Waals surface area contributed by atoms with Crippen molar-refractivity contribution in [1.82, 2.24) is 4.90 Å². The zero-order chi connectivity index (χ0) is 18.5. The number of nitrogens with one attached hydrogen (secondary N) is 1. The van der Waals surface area contributed by atoms with Crippen molar-refractivity contribution in [2.24, 2.45) is 0 Å². The van der Waals surface area contributed by atoms with E-state index in [1.165, 1.54) is 5.56 Å². The van der Waals surface area contributed by atoms with E-state index in [0.717, 1.165) is 17.4 Å². The lowest BCUT2D eigenvalue weighted by Crippen LogP contribution is -2.36. The van der Waals surface area contributed by atoms with Crippen LogP contribution in [-0.4, -0.2) is 30.7 Å². The molecule has 0 saturated heterocycles. The zero-order valence-corrected chi connectivity index (χ0v) is 16.6. The zero-order valence-electron chi connectivity index (χ0n) is 15.0. The molecule has 0 saturated carbocycles. The van der Waals surface area contributed by atoms with Crippen LogP contribution in [0.2, 0.25) is 0 Å². The minimum atomic E-state index is -0.0452. The van der Waals surface area contributed by atoms with Crippen LogP contribution in [0.3, 0.4) is 0 Å². The van der Waals surface area contributed by atoms with Gasteiger partial charge in [0.05, 0.1) is 6.54 Å². The van der Waals surface area contributed by atoms with Gasteiger partial charge in [0.2, 0.25) is 12.7 Å². The largest absolute Gasteiger partial charge is 0.454 e. The standard InChI is InChI=1S/C20H23BrN2O3/c1-3-10-23(14(2)16-6-4-5-7-17(16)21)12-20(24)22-15-8-9-18-19(11-15)26-13-25-18/h4-9,11,14H,3,10,12-13H2,1-2H3,(H,22,24)/t14-/m0/s1. The molecule has 1 N–H and O–H groups in total. The summed E-state index contributed by atoms with van der Waals surface area (Å²) in [5, 5.41) is 2.95. The van der Waals surface area contributed by atoms with Crippen LogP contribution in [0.25, 0.3) is 0 Å². The molecule has 0 bridgehead atoms. The van der Waals surface area contributed by atoms with Crippen LogP contribution in [0.15, 0.2) is 46.9 Å². The van der Waals surface area contributed by atoms with Gasteiger partial charge in [-0.1, -0.05) is 41.1 Å². The number of amides is 1. The first-order chi connectivity index (χ1) is 12.6. The van der Waals surface area contributed by atoms with E-state index < -0.39 is 0 Å². The van der Waals surface area contributed by atoms with Gasteiger partial charge in [0, 0.05) is 22.3 Å². The lowest BCUT2D eigenvalue weighted by atomic mass is 10.1. The van der Waals surface area contributed by atoms with Crippen LogP contribution in [0, 0.1) is 0 Å². The van der Waals surface area contributed by atoms with E-state index >= 15 is 0 Å². The summed E-state index contributed by atoms with van der Waals surface area (Å²) in [6.07, 6.45) is 0.978. The summed E-state index contributed by atoms with van der Waals surface area (Å²) in [5.41, 5.74) is 1.89. The summed E-state index contributed by atoms with van der Waals surface area (Å²) < 4.78 is 11.7. The number of ether oxygens (including phenoxy) is 2. The van der Waals surface area contributed by atoms with E-state index in [9.17, 15) is 4.79 Å². The lowest BCUT2D eigenvalue weighted by molar-refractivity contribution is -0.117. The molecule has 0 radical (unpaired) electrons. The van der Waals surface area contributed by atoms with Gasteiger partial charge in [0.15, 0.2) is 11.5 Å². The first-order valence-electron chi connectivity index (χ1n) is 8.76. The maximum atomic E-state index is 12.6. The fourth-order valence-electron chi connectivity index (χ4n) is 3.07. The first kappa shape index (κ1) is 18.7. The van der Waals surface area contributed by atoms with Crippen LogP contribution < -0.4 is 14.8 Å². The highest BCUT2D eigenvalue weighted by atomic mass is 79.9. The fraction of sp³-hybridized carbons (Fsp3) is 0.350. The van der Waals surface area contributed by atoms with Crippen LogP contribution >= 0.6 is 15.9 Å². The predicted octanol–water partition coefficient (Wildman–Crippen LogP) is 4.59. The third kappa shape index (κ3) is 4.37. The molecule has 6 heteroatoms. The van der Waals surface area contributed by atoms with Gasteiger partial charge in [0.1, 0.15) is 0 Å². The maximum Gasteiger partial charge on any atom is 0.238 e. The van der Waals surface area contributed by atoms with E-state index in [-0.39, 0.29) is 18.7 Å². The molecule has 1 aliphatic heterocycles. The molecule has 3 rings (SSSR count). The topological polar surface area (TPSA) is 50.8 Å². The van der Waals surface area contributed by atoms with Crippen LogP contribution in [0.4, 0.5) is 5.69 Å². The molecule has 0 aromatic heterocycles.